The summed E-state index contributed by atoms with van der Waals surface area (Å²) < 4.78 is 0. The molecular formula is C11H21N3O. The number of hydrogen-bond acceptors (Lipinski definition) is 3. The van der Waals surface area contributed by atoms with Crippen LogP contribution < -0.4 is 11.1 Å². The molecule has 0 atom stereocenters. The quantitative estimate of drug-likeness (QED) is 0.536. The zero-order valence-electron chi connectivity index (χ0n) is 10.2. The molecule has 15 heavy (non-hydrogen) atoms. The van der Waals surface area contributed by atoms with Crippen molar-refractivity contribution in [1.29, 1.82) is 0 Å². The molecule has 4 heteroatoms. The number of amidine groups is 1. The van der Waals surface area contributed by atoms with Crippen molar-refractivity contribution in [1.82, 2.24) is 5.32 Å². The standard InChI is InChI=1S/C11H21N3O/c1-6-7-8(12)9(13-5)14-10(15)11(2,3)4/h7H,6,12H2,1-5H3,(H,13,14,15)/b8-7+. The van der Waals surface area contributed by atoms with Gasteiger partial charge in [0.05, 0.1) is 5.70 Å². The van der Waals surface area contributed by atoms with E-state index in [4.69, 9.17) is 5.73 Å². The lowest BCUT2D eigenvalue weighted by molar-refractivity contribution is -0.126. The number of amides is 1. The highest BCUT2D eigenvalue weighted by Crippen LogP contribution is 2.12. The maximum absolute atomic E-state index is 11.7. The summed E-state index contributed by atoms with van der Waals surface area (Å²) in [5.74, 6) is 0.354. The van der Waals surface area contributed by atoms with E-state index in [1.54, 1.807) is 7.05 Å². The van der Waals surface area contributed by atoms with E-state index in [1.165, 1.54) is 0 Å². The molecule has 0 aromatic carbocycles. The van der Waals surface area contributed by atoms with Crippen molar-refractivity contribution in [2.75, 3.05) is 7.05 Å². The van der Waals surface area contributed by atoms with Gasteiger partial charge in [0.2, 0.25) is 5.91 Å². The first-order valence-corrected chi connectivity index (χ1v) is 5.07. The number of allylic oxidation sites excluding steroid dienone is 1. The van der Waals surface area contributed by atoms with Crippen LogP contribution in [0.4, 0.5) is 0 Å². The zero-order chi connectivity index (χ0) is 12.1. The fraction of sp³-hybridized carbons (Fsp3) is 0.636. The number of nitrogens with two attached hydrogens (primary N) is 1. The van der Waals surface area contributed by atoms with Crippen LogP contribution >= 0.6 is 0 Å². The van der Waals surface area contributed by atoms with Crippen LogP contribution in [0.1, 0.15) is 34.1 Å². The van der Waals surface area contributed by atoms with Crippen molar-refractivity contribution in [3.05, 3.63) is 11.8 Å². The monoisotopic (exact) mass is 211 g/mol. The highest BCUT2D eigenvalue weighted by atomic mass is 16.2. The molecule has 0 heterocycles. The van der Waals surface area contributed by atoms with E-state index < -0.39 is 5.41 Å². The average molecular weight is 211 g/mol. The van der Waals surface area contributed by atoms with E-state index in [0.717, 1.165) is 6.42 Å². The van der Waals surface area contributed by atoms with Crippen molar-refractivity contribution in [2.45, 2.75) is 34.1 Å². The second kappa shape index (κ2) is 5.53. The third-order valence-electron chi connectivity index (χ3n) is 1.83. The Bertz CT molecular complexity index is 285. The first kappa shape index (κ1) is 13.7. The summed E-state index contributed by atoms with van der Waals surface area (Å²) in [7, 11) is 1.61. The first-order chi connectivity index (χ1) is 6.82. The van der Waals surface area contributed by atoms with Gasteiger partial charge in [-0.25, -0.2) is 0 Å². The van der Waals surface area contributed by atoms with Gasteiger partial charge in [-0.15, -0.1) is 0 Å². The molecule has 1 amide bonds. The average Bonchev–Trinajstić information content (AvgIpc) is 2.12. The van der Waals surface area contributed by atoms with E-state index in [1.807, 2.05) is 33.8 Å². The Balaban J connectivity index is 4.64. The van der Waals surface area contributed by atoms with Crippen LogP contribution in [0.25, 0.3) is 0 Å². The van der Waals surface area contributed by atoms with Crippen LogP contribution in [0.3, 0.4) is 0 Å². The first-order valence-electron chi connectivity index (χ1n) is 5.07. The number of nitrogens with one attached hydrogen (secondary N) is 1. The molecule has 0 saturated carbocycles. The number of nitrogens with zero attached hydrogens (tertiary/aromatic N) is 1. The molecule has 0 aliphatic carbocycles. The van der Waals surface area contributed by atoms with Crippen molar-refractivity contribution in [3.63, 3.8) is 0 Å². The molecule has 0 spiro atoms. The fourth-order valence-electron chi connectivity index (χ4n) is 0.869. The summed E-state index contributed by atoms with van der Waals surface area (Å²) in [4.78, 5) is 15.6. The smallest absolute Gasteiger partial charge is 0.230 e. The molecule has 0 fully saturated rings. The molecule has 0 saturated heterocycles. The van der Waals surface area contributed by atoms with Crippen LogP contribution in [-0.4, -0.2) is 18.8 Å². The van der Waals surface area contributed by atoms with Gasteiger partial charge in [0.1, 0.15) is 0 Å². The van der Waals surface area contributed by atoms with Crippen molar-refractivity contribution < 1.29 is 4.79 Å². The number of aliphatic imine (C=N–C) groups is 1. The Morgan fingerprint density at radius 2 is 2.00 bits per heavy atom. The second-order valence-corrected chi connectivity index (χ2v) is 4.34. The van der Waals surface area contributed by atoms with E-state index >= 15 is 0 Å². The summed E-state index contributed by atoms with van der Waals surface area (Å²) >= 11 is 0. The van der Waals surface area contributed by atoms with Crippen molar-refractivity contribution in [3.8, 4) is 0 Å². The van der Waals surface area contributed by atoms with E-state index in [-0.39, 0.29) is 5.91 Å². The Kier molecular flexibility index (Phi) is 5.05. The van der Waals surface area contributed by atoms with Gasteiger partial charge in [-0.3, -0.25) is 9.79 Å². The van der Waals surface area contributed by atoms with Gasteiger partial charge in [-0.05, 0) is 6.42 Å². The molecule has 0 rings (SSSR count). The summed E-state index contributed by atoms with van der Waals surface area (Å²) in [5.41, 5.74) is 5.82. The Hall–Kier alpha value is -1.32. The lowest BCUT2D eigenvalue weighted by Crippen LogP contribution is -2.41. The van der Waals surface area contributed by atoms with Gasteiger partial charge in [-0.2, -0.15) is 0 Å². The van der Waals surface area contributed by atoms with Gasteiger partial charge >= 0.3 is 0 Å². The van der Waals surface area contributed by atoms with Gasteiger partial charge in [0, 0.05) is 12.5 Å². The SMILES string of the molecule is CC/C=C(/N)C(=NC)NC(=O)C(C)(C)C. The Labute approximate surface area is 91.6 Å². The number of carbonyl (C=O) groups excluding carboxylic acids is 1. The lowest BCUT2D eigenvalue weighted by atomic mass is 9.95. The van der Waals surface area contributed by atoms with Crippen LogP contribution in [0.5, 0.6) is 0 Å². The Morgan fingerprint density at radius 1 is 1.47 bits per heavy atom. The van der Waals surface area contributed by atoms with E-state index in [9.17, 15) is 4.79 Å². The third-order valence-corrected chi connectivity index (χ3v) is 1.83. The van der Waals surface area contributed by atoms with Gasteiger partial charge in [-0.1, -0.05) is 33.8 Å². The Morgan fingerprint density at radius 3 is 2.33 bits per heavy atom. The molecule has 0 aliphatic heterocycles. The van der Waals surface area contributed by atoms with Gasteiger partial charge < -0.3 is 11.1 Å². The van der Waals surface area contributed by atoms with Crippen LogP contribution in [0, 0.1) is 5.41 Å². The molecule has 0 aromatic heterocycles. The topological polar surface area (TPSA) is 67.5 Å². The van der Waals surface area contributed by atoms with Crippen molar-refractivity contribution >= 4 is 11.7 Å². The number of carbonyl (C=O) groups is 1. The van der Waals surface area contributed by atoms with Crippen LogP contribution in [0.15, 0.2) is 16.8 Å². The normalized spacial score (nSPS) is 13.9. The number of rotatable bonds is 2. The second-order valence-electron chi connectivity index (χ2n) is 4.34. The minimum atomic E-state index is -0.442. The molecule has 0 radical (unpaired) electrons. The molecule has 86 valence electrons. The van der Waals surface area contributed by atoms with E-state index in [0.29, 0.717) is 11.5 Å². The van der Waals surface area contributed by atoms with Crippen LogP contribution in [-0.2, 0) is 4.79 Å². The summed E-state index contributed by atoms with van der Waals surface area (Å²) in [6.07, 6.45) is 2.64. The third kappa shape index (κ3) is 4.63. The molecule has 0 unspecified atom stereocenters. The largest absolute Gasteiger partial charge is 0.396 e. The lowest BCUT2D eigenvalue weighted by Gasteiger charge is -2.18. The molecule has 0 aromatic rings. The minimum Gasteiger partial charge on any atom is -0.396 e. The summed E-state index contributed by atoms with van der Waals surface area (Å²) in [5, 5.41) is 2.71. The number of hydrogen-bond donors (Lipinski definition) is 2. The zero-order valence-corrected chi connectivity index (χ0v) is 10.2. The predicted octanol–water partition coefficient (Wildman–Crippen LogP) is 1.43. The predicted molar refractivity (Wildman–Crippen MR) is 63.5 cm³/mol. The van der Waals surface area contributed by atoms with Gasteiger partial charge in [0.25, 0.3) is 0 Å². The van der Waals surface area contributed by atoms with Crippen LogP contribution in [0.2, 0.25) is 0 Å². The molecule has 4 nitrogen and oxygen atoms in total. The molecule has 0 bridgehead atoms. The van der Waals surface area contributed by atoms with E-state index in [2.05, 4.69) is 10.3 Å². The van der Waals surface area contributed by atoms with Crippen molar-refractivity contribution in [2.24, 2.45) is 16.1 Å². The maximum Gasteiger partial charge on any atom is 0.230 e. The minimum absolute atomic E-state index is 0.0875. The highest BCUT2D eigenvalue weighted by molar-refractivity contribution is 6.08. The maximum atomic E-state index is 11.7. The molecule has 3 N–H and O–H groups in total. The molecule has 0 aliphatic rings. The fourth-order valence-corrected chi connectivity index (χ4v) is 0.869. The summed E-state index contributed by atoms with van der Waals surface area (Å²) in [6, 6.07) is 0. The summed E-state index contributed by atoms with van der Waals surface area (Å²) in [6.45, 7) is 7.51. The van der Waals surface area contributed by atoms with Gasteiger partial charge in [0.15, 0.2) is 5.84 Å². The molecular weight excluding hydrogens is 190 g/mol. The highest BCUT2D eigenvalue weighted by Gasteiger charge is 2.22.